The fraction of sp³-hybridized carbons (Fsp3) is 0.786. The van der Waals surface area contributed by atoms with Crippen molar-refractivity contribution in [2.75, 3.05) is 0 Å². The van der Waals surface area contributed by atoms with Gasteiger partial charge in [-0.3, -0.25) is 19.2 Å². The molecule has 0 saturated heterocycles. The third kappa shape index (κ3) is 4.01. The smallest absolute Gasteiger partial charge is 0.306 e. The average molecular weight is 553 g/mol. The van der Waals surface area contributed by atoms with E-state index in [0.29, 0.717) is 30.4 Å². The Morgan fingerprint density at radius 2 is 1.68 bits per heavy atom. The van der Waals surface area contributed by atoms with Gasteiger partial charge in [-0.1, -0.05) is 27.7 Å². The summed E-state index contributed by atoms with van der Waals surface area (Å²) in [7, 11) is 0. The maximum atomic E-state index is 14.0. The second kappa shape index (κ2) is 9.20. The largest absolute Gasteiger partial charge is 0.481 e. The van der Waals surface area contributed by atoms with Crippen LogP contribution in [0, 0.1) is 34.5 Å². The highest BCUT2D eigenvalue weighted by atomic mass is 32.1. The van der Waals surface area contributed by atoms with Crippen LogP contribution in [0.25, 0.3) is 0 Å². The molecule has 0 aromatic carbocycles. The normalized spacial score (nSPS) is 45.1. The molecule has 3 N–H and O–H groups in total. The van der Waals surface area contributed by atoms with E-state index in [2.05, 4.69) is 0 Å². The number of aliphatic hydroxyl groups is 2. The molecule has 0 aliphatic heterocycles. The van der Waals surface area contributed by atoms with Crippen molar-refractivity contribution < 1.29 is 34.5 Å². The lowest BCUT2D eigenvalue weighted by Crippen LogP contribution is -2.63. The summed E-state index contributed by atoms with van der Waals surface area (Å²) >= 11 is 9.85. The predicted molar refractivity (Wildman–Crippen MR) is 145 cm³/mol. The Kier molecular flexibility index (Phi) is 7.17. The van der Waals surface area contributed by atoms with E-state index in [1.807, 2.05) is 20.8 Å². The summed E-state index contributed by atoms with van der Waals surface area (Å²) in [6, 6.07) is 0. The molecule has 0 spiro atoms. The van der Waals surface area contributed by atoms with Crippen LogP contribution in [-0.2, 0) is 19.2 Å². The number of carbonyl (C=O) groups excluding carboxylic acids is 3. The van der Waals surface area contributed by atoms with E-state index in [-0.39, 0.29) is 60.8 Å². The van der Waals surface area contributed by atoms with Crippen molar-refractivity contribution in [2.45, 2.75) is 101 Å². The Morgan fingerprint density at radius 3 is 2.27 bits per heavy atom. The van der Waals surface area contributed by atoms with E-state index in [1.165, 1.54) is 6.92 Å². The van der Waals surface area contributed by atoms with E-state index in [1.54, 1.807) is 6.92 Å². The number of hydrogen-bond acceptors (Lipinski definition) is 8. The van der Waals surface area contributed by atoms with Gasteiger partial charge in [-0.25, -0.2) is 0 Å². The maximum Gasteiger partial charge on any atom is 0.306 e. The van der Waals surface area contributed by atoms with E-state index >= 15 is 0 Å². The molecule has 4 rings (SSSR count). The minimum absolute atomic E-state index is 0.0138. The van der Waals surface area contributed by atoms with Crippen LogP contribution in [0.4, 0.5) is 0 Å². The van der Waals surface area contributed by atoms with Crippen molar-refractivity contribution in [1.82, 2.24) is 0 Å². The van der Waals surface area contributed by atoms with Crippen LogP contribution in [0.5, 0.6) is 0 Å². The Balaban J connectivity index is 1.74. The molecule has 7 nitrogen and oxygen atoms in total. The molecule has 0 heterocycles. The molecule has 9 heteroatoms. The molecule has 4 aliphatic rings. The summed E-state index contributed by atoms with van der Waals surface area (Å²) in [5, 5.41) is 32.2. The topological polar surface area (TPSA) is 129 Å². The van der Waals surface area contributed by atoms with Gasteiger partial charge in [0, 0.05) is 36.7 Å². The second-order valence-electron chi connectivity index (χ2n) is 12.9. The van der Waals surface area contributed by atoms with Gasteiger partial charge in [0.15, 0.2) is 5.78 Å². The lowest BCUT2D eigenvalue weighted by atomic mass is 9.47. The fourth-order valence-electron chi connectivity index (χ4n) is 8.52. The van der Waals surface area contributed by atoms with Gasteiger partial charge in [0.2, 0.25) is 0 Å². The van der Waals surface area contributed by atoms with Crippen molar-refractivity contribution in [2.24, 2.45) is 34.5 Å². The number of aliphatic hydroxyl groups excluding tert-OH is 2. The first-order valence-electron chi connectivity index (χ1n) is 13.3. The quantitative estimate of drug-likeness (QED) is 0.319. The molecule has 2 saturated carbocycles. The van der Waals surface area contributed by atoms with Crippen LogP contribution in [0.2, 0.25) is 0 Å². The summed E-state index contributed by atoms with van der Waals surface area (Å²) < 4.78 is -2.15. The lowest BCUT2D eigenvalue weighted by Gasteiger charge is -2.60. The Bertz CT molecular complexity index is 1080. The molecular weight excluding hydrogens is 512 g/mol. The second-order valence-corrected chi connectivity index (χ2v) is 14.5. The molecule has 0 amide bonds. The van der Waals surface area contributed by atoms with Crippen LogP contribution in [0.3, 0.4) is 0 Å². The predicted octanol–water partition coefficient (Wildman–Crippen LogP) is 3.46. The summed E-state index contributed by atoms with van der Waals surface area (Å²) in [5.41, 5.74) is -0.489. The highest BCUT2D eigenvalue weighted by Crippen LogP contribution is 2.69. The van der Waals surface area contributed by atoms with Gasteiger partial charge >= 0.3 is 5.97 Å². The molecule has 0 aromatic heterocycles. The third-order valence-corrected chi connectivity index (χ3v) is 12.2. The maximum absolute atomic E-state index is 14.0. The lowest BCUT2D eigenvalue weighted by molar-refractivity contribution is -0.143. The summed E-state index contributed by atoms with van der Waals surface area (Å²) in [6.07, 6.45) is -0.431. The summed E-state index contributed by atoms with van der Waals surface area (Å²) in [5.74, 6) is -2.81. The molecule has 37 heavy (non-hydrogen) atoms. The summed E-state index contributed by atoms with van der Waals surface area (Å²) in [6.45, 7) is 9.11. The number of thiol groups is 2. The minimum Gasteiger partial charge on any atom is -0.481 e. The standard InChI is InChI=1S/C28H40O7S2/c1-13(8-15(29)9-14(2)24(34)35)16-10-21(33)28(37)23-17(30)11-19-25(3,7-6-20(32)27(19,5)36)22(23)18(31)12-26(16,28)4/h13-14,16-17,19,21,30,33,36-37H,6-12H2,1-5H3,(H,34,35)/t13-,14+,16?,17+,19?,21+,25+,26-,27+,28-/m1/s1. The first kappa shape index (κ1) is 28.8. The zero-order valence-electron chi connectivity index (χ0n) is 22.3. The number of ketones is 3. The number of carboxylic acids is 1. The van der Waals surface area contributed by atoms with Crippen molar-refractivity contribution in [3.8, 4) is 0 Å². The molecule has 2 fully saturated rings. The Hall–Kier alpha value is -1.16. The van der Waals surface area contributed by atoms with Gasteiger partial charge in [0.05, 0.1) is 27.6 Å². The fourth-order valence-corrected chi connectivity index (χ4v) is 9.63. The Morgan fingerprint density at radius 1 is 1.05 bits per heavy atom. The number of carbonyl (C=O) groups is 4. The van der Waals surface area contributed by atoms with Crippen LogP contribution in [0.1, 0.15) is 79.6 Å². The van der Waals surface area contributed by atoms with Crippen LogP contribution in [-0.4, -0.2) is 60.3 Å². The molecule has 0 aromatic rings. The number of aliphatic carboxylic acids is 1. The van der Waals surface area contributed by atoms with E-state index in [9.17, 15) is 29.4 Å². The number of rotatable bonds is 6. The van der Waals surface area contributed by atoms with E-state index in [4.69, 9.17) is 30.4 Å². The van der Waals surface area contributed by atoms with Gasteiger partial charge < -0.3 is 15.3 Å². The van der Waals surface area contributed by atoms with Crippen LogP contribution in [0.15, 0.2) is 11.1 Å². The number of carboxylic acid groups (broad SMARTS) is 1. The molecule has 0 radical (unpaired) electrons. The first-order chi connectivity index (χ1) is 16.9. The van der Waals surface area contributed by atoms with Crippen molar-refractivity contribution in [3.05, 3.63) is 11.1 Å². The van der Waals surface area contributed by atoms with Crippen molar-refractivity contribution >= 4 is 48.6 Å². The zero-order valence-corrected chi connectivity index (χ0v) is 24.1. The van der Waals surface area contributed by atoms with Gasteiger partial charge in [0.1, 0.15) is 11.6 Å². The SMILES string of the molecule is C[C@H](CC(=O)C[C@H](C)C(=O)O)C1C[C@H](O)[C@@]2(S)C3=C(C(=O)C[C@]12C)[C@@]1(C)CCC(=O)[C@@](C)(S)C1C[C@@H]3O. The van der Waals surface area contributed by atoms with Gasteiger partial charge in [-0.15, -0.1) is 0 Å². The third-order valence-electron chi connectivity index (χ3n) is 10.6. The molecule has 2 unspecified atom stereocenters. The van der Waals surface area contributed by atoms with Gasteiger partial charge in [-0.05, 0) is 54.9 Å². The minimum atomic E-state index is -1.17. The number of allylic oxidation sites excluding steroid dienone is 1. The van der Waals surface area contributed by atoms with E-state index in [0.717, 1.165) is 0 Å². The highest BCUT2D eigenvalue weighted by molar-refractivity contribution is 7.82. The molecule has 10 atom stereocenters. The van der Waals surface area contributed by atoms with Crippen LogP contribution < -0.4 is 0 Å². The first-order valence-corrected chi connectivity index (χ1v) is 14.2. The van der Waals surface area contributed by atoms with Crippen molar-refractivity contribution in [1.29, 1.82) is 0 Å². The number of hydrogen-bond donors (Lipinski definition) is 5. The number of fused-ring (bicyclic) bond motifs is 4. The zero-order chi connectivity index (χ0) is 27.9. The molecular formula is C28H40O7S2. The molecule has 206 valence electrons. The monoisotopic (exact) mass is 552 g/mol. The number of Topliss-reactive ketones (excluding diaryl/α,β-unsaturated/α-hetero) is 3. The van der Waals surface area contributed by atoms with Gasteiger partial charge in [-0.2, -0.15) is 25.3 Å². The molecule has 4 aliphatic carbocycles. The van der Waals surface area contributed by atoms with E-state index < -0.39 is 44.4 Å². The highest BCUT2D eigenvalue weighted by Gasteiger charge is 2.70. The van der Waals surface area contributed by atoms with Crippen molar-refractivity contribution in [3.63, 3.8) is 0 Å². The Labute approximate surface area is 229 Å². The summed E-state index contributed by atoms with van der Waals surface area (Å²) in [4.78, 5) is 50.6. The van der Waals surface area contributed by atoms with Crippen LogP contribution >= 0.6 is 25.3 Å². The average Bonchev–Trinajstić information content (AvgIpc) is 2.99. The molecule has 0 bridgehead atoms. The van der Waals surface area contributed by atoms with Gasteiger partial charge in [0.25, 0.3) is 0 Å².